The molecule has 188 valence electrons. The molecule has 0 atom stereocenters. The molecule has 0 aliphatic carbocycles. The number of nitrogens with zero attached hydrogens (tertiary/aromatic N) is 1. The number of aromatic nitrogens is 1. The molecule has 0 spiro atoms. The minimum absolute atomic E-state index is 0.107. The van der Waals surface area contributed by atoms with Gasteiger partial charge in [-0.05, 0) is 41.5 Å². The zero-order chi connectivity index (χ0) is 25.5. The van der Waals surface area contributed by atoms with Crippen molar-refractivity contribution in [2.45, 2.75) is 13.2 Å². The van der Waals surface area contributed by atoms with Crippen LogP contribution in [0.1, 0.15) is 21.6 Å². The summed E-state index contributed by atoms with van der Waals surface area (Å²) in [4.78, 5) is 17.5. The van der Waals surface area contributed by atoms with Crippen LogP contribution < -0.4 is 28.4 Å². The molecule has 0 N–H and O–H groups in total. The molecular formula is C28H23NO8. The Balaban J connectivity index is 1.44. The second-order valence-electron chi connectivity index (χ2n) is 8.45. The molecule has 0 saturated carbocycles. The zero-order valence-electron chi connectivity index (χ0n) is 20.5. The van der Waals surface area contributed by atoms with Crippen LogP contribution in [0.5, 0.6) is 34.5 Å². The van der Waals surface area contributed by atoms with Gasteiger partial charge in [-0.3, -0.25) is 0 Å². The van der Waals surface area contributed by atoms with Crippen molar-refractivity contribution in [3.63, 3.8) is 0 Å². The quantitative estimate of drug-likeness (QED) is 0.328. The number of cyclic esters (lactones) is 1. The van der Waals surface area contributed by atoms with Crippen molar-refractivity contribution in [3.05, 3.63) is 65.4 Å². The Labute approximate surface area is 212 Å². The molecule has 0 bridgehead atoms. The lowest BCUT2D eigenvalue weighted by Gasteiger charge is -2.16. The highest BCUT2D eigenvalue weighted by molar-refractivity contribution is 6.09. The minimum atomic E-state index is -0.412. The third-order valence-electron chi connectivity index (χ3n) is 6.39. The van der Waals surface area contributed by atoms with Crippen LogP contribution in [0, 0.1) is 0 Å². The molecule has 9 nitrogen and oxygen atoms in total. The van der Waals surface area contributed by atoms with Crippen molar-refractivity contribution in [2.24, 2.45) is 0 Å². The fourth-order valence-corrected chi connectivity index (χ4v) is 4.61. The highest BCUT2D eigenvalue weighted by atomic mass is 16.7. The zero-order valence-corrected chi connectivity index (χ0v) is 20.5. The Kier molecular flexibility index (Phi) is 5.60. The van der Waals surface area contributed by atoms with Crippen molar-refractivity contribution in [1.29, 1.82) is 0 Å². The van der Waals surface area contributed by atoms with Crippen LogP contribution in [-0.4, -0.2) is 39.1 Å². The number of rotatable bonds is 7. The second-order valence-corrected chi connectivity index (χ2v) is 8.45. The van der Waals surface area contributed by atoms with E-state index in [9.17, 15) is 4.79 Å². The number of hydrogen-bond donors (Lipinski definition) is 0. The van der Waals surface area contributed by atoms with E-state index in [0.29, 0.717) is 56.8 Å². The van der Waals surface area contributed by atoms with Gasteiger partial charge >= 0.3 is 5.97 Å². The fourth-order valence-electron chi connectivity index (χ4n) is 4.61. The number of methoxy groups -OCH3 is 3. The third kappa shape index (κ3) is 3.88. The van der Waals surface area contributed by atoms with E-state index in [1.807, 2.05) is 48.5 Å². The van der Waals surface area contributed by atoms with Gasteiger partial charge in [-0.15, -0.1) is 0 Å². The van der Waals surface area contributed by atoms with Crippen molar-refractivity contribution < 1.29 is 38.0 Å². The van der Waals surface area contributed by atoms with E-state index in [4.69, 9.17) is 38.1 Å². The minimum Gasteiger partial charge on any atom is -0.493 e. The fraction of sp³-hybridized carbons (Fsp3) is 0.214. The number of fused-ring (bicyclic) bond motifs is 3. The van der Waals surface area contributed by atoms with E-state index >= 15 is 0 Å². The number of carbonyl (C=O) groups is 1. The van der Waals surface area contributed by atoms with Crippen molar-refractivity contribution >= 4 is 16.9 Å². The largest absolute Gasteiger partial charge is 0.493 e. The first kappa shape index (κ1) is 22.8. The predicted molar refractivity (Wildman–Crippen MR) is 133 cm³/mol. The standard InChI is InChI=1S/C28H23NO8/c1-31-20-6-4-15(8-22(20)32-2)12-34-25-11-18-17(10-23(25)33-3)26(27-19(29-18)13-35-28(27)30)16-5-7-21-24(9-16)37-14-36-21/h4-11H,12-14H2,1-3H3. The van der Waals surface area contributed by atoms with Crippen LogP contribution in [0.25, 0.3) is 22.0 Å². The Hall–Kier alpha value is -4.66. The first-order chi connectivity index (χ1) is 18.1. The van der Waals surface area contributed by atoms with Crippen molar-refractivity contribution in [3.8, 4) is 45.6 Å². The highest BCUT2D eigenvalue weighted by Crippen LogP contribution is 2.44. The van der Waals surface area contributed by atoms with Gasteiger partial charge in [0.2, 0.25) is 6.79 Å². The van der Waals surface area contributed by atoms with Gasteiger partial charge in [0.05, 0.1) is 38.1 Å². The molecule has 1 aromatic heterocycles. The number of carbonyl (C=O) groups excluding carboxylic acids is 1. The number of ether oxygens (including phenoxy) is 7. The lowest BCUT2D eigenvalue weighted by Crippen LogP contribution is -2.03. The summed E-state index contributed by atoms with van der Waals surface area (Å²) in [5.74, 6) is 3.13. The molecule has 0 unspecified atom stereocenters. The van der Waals surface area contributed by atoms with Crippen LogP contribution >= 0.6 is 0 Å². The molecular weight excluding hydrogens is 478 g/mol. The molecule has 4 aromatic rings. The Bertz CT molecular complexity index is 1550. The molecule has 0 saturated heterocycles. The third-order valence-corrected chi connectivity index (χ3v) is 6.39. The molecule has 2 aliphatic heterocycles. The molecule has 6 rings (SSSR count). The lowest BCUT2D eigenvalue weighted by molar-refractivity contribution is 0.0534. The van der Waals surface area contributed by atoms with Crippen LogP contribution in [0.3, 0.4) is 0 Å². The summed E-state index contributed by atoms with van der Waals surface area (Å²) in [6.07, 6.45) is 0. The predicted octanol–water partition coefficient (Wildman–Crippen LogP) is 4.91. The number of benzene rings is 3. The van der Waals surface area contributed by atoms with E-state index in [1.54, 1.807) is 21.3 Å². The second kappa shape index (κ2) is 9.09. The van der Waals surface area contributed by atoms with E-state index in [0.717, 1.165) is 16.5 Å². The van der Waals surface area contributed by atoms with Gasteiger partial charge in [0.15, 0.2) is 34.5 Å². The smallest absolute Gasteiger partial charge is 0.341 e. The van der Waals surface area contributed by atoms with E-state index in [1.165, 1.54) is 0 Å². The Morgan fingerprint density at radius 3 is 2.38 bits per heavy atom. The van der Waals surface area contributed by atoms with Gasteiger partial charge in [0.1, 0.15) is 13.2 Å². The topological polar surface area (TPSA) is 94.6 Å². The van der Waals surface area contributed by atoms with Crippen molar-refractivity contribution in [1.82, 2.24) is 4.98 Å². The summed E-state index contributed by atoms with van der Waals surface area (Å²) in [5, 5.41) is 0.729. The van der Waals surface area contributed by atoms with E-state index in [-0.39, 0.29) is 20.0 Å². The maximum Gasteiger partial charge on any atom is 0.341 e. The number of pyridine rings is 1. The van der Waals surface area contributed by atoms with Gasteiger partial charge in [0.25, 0.3) is 0 Å². The highest BCUT2D eigenvalue weighted by Gasteiger charge is 2.30. The molecule has 0 amide bonds. The first-order valence-electron chi connectivity index (χ1n) is 11.5. The Morgan fingerprint density at radius 1 is 0.784 bits per heavy atom. The maximum atomic E-state index is 12.7. The molecule has 3 heterocycles. The molecule has 0 fully saturated rings. The summed E-state index contributed by atoms with van der Waals surface area (Å²) in [6, 6.07) is 14.8. The molecule has 3 aromatic carbocycles. The number of hydrogen-bond acceptors (Lipinski definition) is 9. The summed E-state index contributed by atoms with van der Waals surface area (Å²) in [6.45, 7) is 0.532. The monoisotopic (exact) mass is 501 g/mol. The van der Waals surface area contributed by atoms with E-state index < -0.39 is 5.97 Å². The molecule has 37 heavy (non-hydrogen) atoms. The van der Waals surface area contributed by atoms with E-state index in [2.05, 4.69) is 0 Å². The summed E-state index contributed by atoms with van der Waals surface area (Å²) < 4.78 is 38.9. The molecule has 0 radical (unpaired) electrons. The van der Waals surface area contributed by atoms with Gasteiger partial charge in [-0.25, -0.2) is 9.78 Å². The average molecular weight is 501 g/mol. The Morgan fingerprint density at radius 2 is 1.57 bits per heavy atom. The lowest BCUT2D eigenvalue weighted by atomic mass is 9.94. The van der Waals surface area contributed by atoms with Crippen LogP contribution in [0.15, 0.2) is 48.5 Å². The number of esters is 1. The van der Waals surface area contributed by atoms with Crippen LogP contribution in [0.4, 0.5) is 0 Å². The average Bonchev–Trinajstić information content (AvgIpc) is 3.55. The van der Waals surface area contributed by atoms with Gasteiger partial charge in [0, 0.05) is 17.0 Å². The SMILES string of the molecule is COc1ccc(COc2cc3nc4c(c(-c5ccc6c(c5)OCO6)c3cc2OC)C(=O)OC4)cc1OC. The van der Waals surface area contributed by atoms with Gasteiger partial charge < -0.3 is 33.2 Å². The van der Waals surface area contributed by atoms with Crippen molar-refractivity contribution in [2.75, 3.05) is 28.1 Å². The normalized spacial score (nSPS) is 13.3. The van der Waals surface area contributed by atoms with Gasteiger partial charge in [-0.1, -0.05) is 12.1 Å². The first-order valence-corrected chi connectivity index (χ1v) is 11.5. The maximum absolute atomic E-state index is 12.7. The van der Waals surface area contributed by atoms with Crippen LogP contribution in [-0.2, 0) is 18.0 Å². The summed E-state index contributed by atoms with van der Waals surface area (Å²) in [7, 11) is 4.75. The van der Waals surface area contributed by atoms with Crippen LogP contribution in [0.2, 0.25) is 0 Å². The summed E-state index contributed by atoms with van der Waals surface area (Å²) in [5.41, 5.74) is 4.03. The molecule has 2 aliphatic rings. The molecule has 9 heteroatoms. The summed E-state index contributed by atoms with van der Waals surface area (Å²) >= 11 is 0. The van der Waals surface area contributed by atoms with Gasteiger partial charge in [-0.2, -0.15) is 0 Å².